The first kappa shape index (κ1) is 14.5. The molecule has 1 amide bonds. The maximum atomic E-state index is 12.2. The number of carbonyl (C=O) groups is 2. The number of carbonyl (C=O) groups excluding carboxylic acids is 1. The lowest BCUT2D eigenvalue weighted by atomic mass is 10.0. The van der Waals surface area contributed by atoms with E-state index < -0.39 is 18.1 Å². The van der Waals surface area contributed by atoms with Crippen molar-refractivity contribution in [1.29, 1.82) is 0 Å². The van der Waals surface area contributed by atoms with Gasteiger partial charge >= 0.3 is 5.97 Å². The standard InChI is InChI=1S/C15H19NO4/c1-9-3-4-11(5-10(9)2)6-14(18)16-8-12(17)7-13(16)15(19)20/h3-5,12-13,17H,6-8H2,1-2H3,(H,19,20)/t12-,13+/m1/s1. The molecule has 0 bridgehead atoms. The van der Waals surface area contributed by atoms with Gasteiger partial charge in [0.25, 0.3) is 0 Å². The van der Waals surface area contributed by atoms with Crippen LogP contribution in [0.2, 0.25) is 0 Å². The molecule has 0 radical (unpaired) electrons. The fourth-order valence-corrected chi connectivity index (χ4v) is 2.51. The van der Waals surface area contributed by atoms with Crippen LogP contribution < -0.4 is 0 Å². The number of aryl methyl sites for hydroxylation is 2. The number of carboxylic acids is 1. The van der Waals surface area contributed by atoms with Gasteiger partial charge in [0, 0.05) is 13.0 Å². The molecule has 5 heteroatoms. The second-order valence-electron chi connectivity index (χ2n) is 5.39. The molecule has 0 aliphatic carbocycles. The van der Waals surface area contributed by atoms with Gasteiger partial charge in [-0.1, -0.05) is 18.2 Å². The van der Waals surface area contributed by atoms with Crippen molar-refractivity contribution in [2.24, 2.45) is 0 Å². The van der Waals surface area contributed by atoms with E-state index in [-0.39, 0.29) is 25.3 Å². The number of likely N-dealkylation sites (tertiary alicyclic amines) is 1. The molecule has 0 spiro atoms. The molecular weight excluding hydrogens is 258 g/mol. The highest BCUT2D eigenvalue weighted by Gasteiger charge is 2.38. The molecule has 1 saturated heterocycles. The molecule has 0 aromatic heterocycles. The lowest BCUT2D eigenvalue weighted by Crippen LogP contribution is -2.41. The van der Waals surface area contributed by atoms with Crippen molar-refractivity contribution in [2.75, 3.05) is 6.54 Å². The predicted molar refractivity (Wildman–Crippen MR) is 73.4 cm³/mol. The molecule has 0 unspecified atom stereocenters. The molecule has 1 heterocycles. The molecule has 108 valence electrons. The molecule has 2 rings (SSSR count). The van der Waals surface area contributed by atoms with Crippen LogP contribution in [0.25, 0.3) is 0 Å². The Balaban J connectivity index is 2.11. The van der Waals surface area contributed by atoms with E-state index in [4.69, 9.17) is 5.11 Å². The highest BCUT2D eigenvalue weighted by molar-refractivity contribution is 5.85. The van der Waals surface area contributed by atoms with Crippen LogP contribution in [-0.4, -0.2) is 45.7 Å². The third-order valence-corrected chi connectivity index (χ3v) is 3.81. The molecule has 5 nitrogen and oxygen atoms in total. The number of nitrogens with zero attached hydrogens (tertiary/aromatic N) is 1. The summed E-state index contributed by atoms with van der Waals surface area (Å²) in [5.74, 6) is -1.31. The molecule has 1 aromatic carbocycles. The van der Waals surface area contributed by atoms with Crippen molar-refractivity contribution in [3.8, 4) is 0 Å². The maximum absolute atomic E-state index is 12.2. The number of amides is 1. The highest BCUT2D eigenvalue weighted by Crippen LogP contribution is 2.20. The van der Waals surface area contributed by atoms with E-state index in [0.29, 0.717) is 0 Å². The first-order chi connectivity index (χ1) is 9.38. The van der Waals surface area contributed by atoms with Crippen LogP contribution >= 0.6 is 0 Å². The molecule has 0 saturated carbocycles. The van der Waals surface area contributed by atoms with Gasteiger partial charge in [-0.05, 0) is 30.5 Å². The number of aliphatic hydroxyl groups is 1. The van der Waals surface area contributed by atoms with Gasteiger partial charge in [0.1, 0.15) is 6.04 Å². The number of hydrogen-bond donors (Lipinski definition) is 2. The Morgan fingerprint density at radius 3 is 2.60 bits per heavy atom. The van der Waals surface area contributed by atoms with E-state index in [1.165, 1.54) is 4.90 Å². The van der Waals surface area contributed by atoms with Gasteiger partial charge in [-0.3, -0.25) is 4.79 Å². The summed E-state index contributed by atoms with van der Waals surface area (Å²) >= 11 is 0. The zero-order chi connectivity index (χ0) is 14.9. The molecule has 2 atom stereocenters. The summed E-state index contributed by atoms with van der Waals surface area (Å²) in [5, 5.41) is 18.6. The summed E-state index contributed by atoms with van der Waals surface area (Å²) in [7, 11) is 0. The Morgan fingerprint density at radius 2 is 2.00 bits per heavy atom. The Labute approximate surface area is 117 Å². The van der Waals surface area contributed by atoms with E-state index in [9.17, 15) is 14.7 Å². The van der Waals surface area contributed by atoms with Crippen molar-refractivity contribution in [1.82, 2.24) is 4.90 Å². The Kier molecular flexibility index (Phi) is 4.09. The zero-order valence-corrected chi connectivity index (χ0v) is 11.7. The van der Waals surface area contributed by atoms with Crippen molar-refractivity contribution in [3.05, 3.63) is 34.9 Å². The largest absolute Gasteiger partial charge is 0.480 e. The fourth-order valence-electron chi connectivity index (χ4n) is 2.51. The molecule has 2 N–H and O–H groups in total. The number of aliphatic carboxylic acids is 1. The normalized spacial score (nSPS) is 22.1. The van der Waals surface area contributed by atoms with Crippen molar-refractivity contribution in [2.45, 2.75) is 38.8 Å². The number of aliphatic hydroxyl groups excluding tert-OH is 1. The zero-order valence-electron chi connectivity index (χ0n) is 11.7. The summed E-state index contributed by atoms with van der Waals surface area (Å²) in [6, 6.07) is 4.85. The third-order valence-electron chi connectivity index (χ3n) is 3.81. The van der Waals surface area contributed by atoms with E-state index in [1.807, 2.05) is 32.0 Å². The second-order valence-corrected chi connectivity index (χ2v) is 5.39. The van der Waals surface area contributed by atoms with Gasteiger partial charge in [-0.2, -0.15) is 0 Å². The number of hydrogen-bond acceptors (Lipinski definition) is 3. The number of benzene rings is 1. The highest BCUT2D eigenvalue weighted by atomic mass is 16.4. The van der Waals surface area contributed by atoms with Crippen LogP contribution in [0.15, 0.2) is 18.2 Å². The molecule has 20 heavy (non-hydrogen) atoms. The van der Waals surface area contributed by atoms with Crippen molar-refractivity contribution in [3.63, 3.8) is 0 Å². The van der Waals surface area contributed by atoms with Gasteiger partial charge in [0.05, 0.1) is 12.5 Å². The molecule has 1 aliphatic rings. The quantitative estimate of drug-likeness (QED) is 0.860. The van der Waals surface area contributed by atoms with Crippen molar-refractivity contribution < 1.29 is 19.8 Å². The van der Waals surface area contributed by atoms with E-state index in [2.05, 4.69) is 0 Å². The maximum Gasteiger partial charge on any atom is 0.326 e. The average molecular weight is 277 g/mol. The third kappa shape index (κ3) is 2.99. The Hall–Kier alpha value is -1.88. The first-order valence-electron chi connectivity index (χ1n) is 6.65. The Bertz CT molecular complexity index is 541. The predicted octanol–water partition coefficient (Wildman–Crippen LogP) is 0.892. The van der Waals surface area contributed by atoms with Crippen molar-refractivity contribution >= 4 is 11.9 Å². The van der Waals surface area contributed by atoms with Crippen LogP contribution in [0.5, 0.6) is 0 Å². The topological polar surface area (TPSA) is 77.8 Å². The smallest absolute Gasteiger partial charge is 0.326 e. The van der Waals surface area contributed by atoms with Gasteiger partial charge < -0.3 is 15.1 Å². The van der Waals surface area contributed by atoms with E-state index in [0.717, 1.165) is 16.7 Å². The van der Waals surface area contributed by atoms with Crippen LogP contribution in [0.3, 0.4) is 0 Å². The summed E-state index contributed by atoms with van der Waals surface area (Å²) in [4.78, 5) is 24.6. The minimum absolute atomic E-state index is 0.0979. The van der Waals surface area contributed by atoms with Gasteiger partial charge in [0.2, 0.25) is 5.91 Å². The summed E-state index contributed by atoms with van der Waals surface area (Å²) < 4.78 is 0. The molecule has 1 aliphatic heterocycles. The summed E-state index contributed by atoms with van der Waals surface area (Å²) in [6.07, 6.45) is -0.481. The van der Waals surface area contributed by atoms with E-state index in [1.54, 1.807) is 0 Å². The SMILES string of the molecule is Cc1ccc(CC(=O)N2C[C@H](O)C[C@H]2C(=O)O)cc1C. The molecule has 1 aromatic rings. The first-order valence-corrected chi connectivity index (χ1v) is 6.65. The Morgan fingerprint density at radius 1 is 1.30 bits per heavy atom. The van der Waals surface area contributed by atoms with Gasteiger partial charge in [-0.25, -0.2) is 4.79 Å². The van der Waals surface area contributed by atoms with Crippen LogP contribution in [-0.2, 0) is 16.0 Å². The van der Waals surface area contributed by atoms with Crippen LogP contribution in [0.4, 0.5) is 0 Å². The molecular formula is C15H19NO4. The lowest BCUT2D eigenvalue weighted by molar-refractivity contribution is -0.148. The monoisotopic (exact) mass is 277 g/mol. The van der Waals surface area contributed by atoms with Gasteiger partial charge in [-0.15, -0.1) is 0 Å². The van der Waals surface area contributed by atoms with Gasteiger partial charge in [0.15, 0.2) is 0 Å². The summed E-state index contributed by atoms with van der Waals surface area (Å²) in [6.45, 7) is 4.07. The number of rotatable bonds is 3. The van der Waals surface area contributed by atoms with E-state index >= 15 is 0 Å². The number of β-amino-alcohol motifs (C(OH)–C–C–N with tert-alkyl or cyclic N) is 1. The minimum atomic E-state index is -1.06. The average Bonchev–Trinajstić information content (AvgIpc) is 2.76. The summed E-state index contributed by atoms with van der Waals surface area (Å²) in [5.41, 5.74) is 3.12. The van der Waals surface area contributed by atoms with Crippen LogP contribution in [0.1, 0.15) is 23.1 Å². The molecule has 1 fully saturated rings. The number of carboxylic acid groups (broad SMARTS) is 1. The lowest BCUT2D eigenvalue weighted by Gasteiger charge is -2.21. The minimum Gasteiger partial charge on any atom is -0.480 e. The van der Waals surface area contributed by atoms with Crippen LogP contribution in [0, 0.1) is 13.8 Å². The fraction of sp³-hybridized carbons (Fsp3) is 0.467. The second kappa shape index (κ2) is 5.63.